The van der Waals surface area contributed by atoms with Crippen LogP contribution in [0.15, 0.2) is 16.8 Å². The highest BCUT2D eigenvalue weighted by atomic mass is 32.1. The molecule has 3 aliphatic heterocycles. The van der Waals surface area contributed by atoms with E-state index in [2.05, 4.69) is 5.32 Å². The molecule has 0 unspecified atom stereocenters. The van der Waals surface area contributed by atoms with Crippen LogP contribution in [0.25, 0.3) is 0 Å². The van der Waals surface area contributed by atoms with E-state index in [0.717, 1.165) is 24.8 Å². The van der Waals surface area contributed by atoms with E-state index in [0.29, 0.717) is 39.1 Å². The second kappa shape index (κ2) is 8.83. The highest BCUT2D eigenvalue weighted by Crippen LogP contribution is 2.41. The van der Waals surface area contributed by atoms with Crippen molar-refractivity contribution in [1.29, 1.82) is 0 Å². The normalized spacial score (nSPS) is 28.8. The number of hydrogen-bond acceptors (Lipinski definition) is 5. The lowest BCUT2D eigenvalue weighted by atomic mass is 9.71. The van der Waals surface area contributed by atoms with Crippen molar-refractivity contribution in [3.8, 4) is 0 Å². The van der Waals surface area contributed by atoms with Crippen molar-refractivity contribution in [2.75, 3.05) is 26.8 Å². The molecule has 3 fully saturated rings. The van der Waals surface area contributed by atoms with Gasteiger partial charge in [-0.25, -0.2) is 0 Å². The maximum Gasteiger partial charge on any atom is 0.243 e. The van der Waals surface area contributed by atoms with E-state index in [1.807, 2.05) is 26.6 Å². The van der Waals surface area contributed by atoms with Gasteiger partial charge in [0, 0.05) is 45.1 Å². The number of fused-ring (bicyclic) bond motifs is 4. The minimum Gasteiger partial charge on any atom is -0.384 e. The molecule has 1 N–H and O–H groups in total. The van der Waals surface area contributed by atoms with Crippen molar-refractivity contribution >= 4 is 29.1 Å². The number of rotatable bonds is 6. The standard InChI is InChI=1S/C21H29N3O4S/c1-28-7-5-18(25)23-11-15-9-16(12-23)20(24-17(15)3-2-4-19(24)26)21(27)22-10-14-6-8-29-13-14/h6,8,13,15-17,20H,2-5,7,9-12H2,1H3,(H,22,27)/t15-,16+,17+,20-/m1/s1. The lowest BCUT2D eigenvalue weighted by Crippen LogP contribution is -2.68. The first kappa shape index (κ1) is 20.3. The number of methoxy groups -OCH3 is 1. The third kappa shape index (κ3) is 4.19. The van der Waals surface area contributed by atoms with Crippen LogP contribution in [-0.4, -0.2) is 66.4 Å². The predicted molar refractivity (Wildman–Crippen MR) is 109 cm³/mol. The van der Waals surface area contributed by atoms with Crippen molar-refractivity contribution in [2.45, 2.75) is 50.7 Å². The highest BCUT2D eigenvalue weighted by molar-refractivity contribution is 7.07. The summed E-state index contributed by atoms with van der Waals surface area (Å²) >= 11 is 1.60. The van der Waals surface area contributed by atoms with Gasteiger partial charge in [0.15, 0.2) is 0 Å². The molecule has 158 valence electrons. The summed E-state index contributed by atoms with van der Waals surface area (Å²) in [6.45, 7) is 2.09. The zero-order chi connectivity index (χ0) is 20.4. The minimum atomic E-state index is -0.485. The van der Waals surface area contributed by atoms with Crippen molar-refractivity contribution in [2.24, 2.45) is 11.8 Å². The number of ether oxygens (including phenoxy) is 1. The molecule has 1 aromatic rings. The fraction of sp³-hybridized carbons (Fsp3) is 0.667. The summed E-state index contributed by atoms with van der Waals surface area (Å²) in [6, 6.07) is 1.57. The van der Waals surface area contributed by atoms with E-state index in [1.54, 1.807) is 18.4 Å². The van der Waals surface area contributed by atoms with Crippen LogP contribution in [-0.2, 0) is 25.7 Å². The Morgan fingerprint density at radius 1 is 1.31 bits per heavy atom. The summed E-state index contributed by atoms with van der Waals surface area (Å²) in [5.74, 6) is 0.317. The van der Waals surface area contributed by atoms with E-state index >= 15 is 0 Å². The molecule has 4 atom stereocenters. The van der Waals surface area contributed by atoms with Crippen molar-refractivity contribution in [1.82, 2.24) is 15.1 Å². The molecule has 0 spiro atoms. The topological polar surface area (TPSA) is 79.0 Å². The van der Waals surface area contributed by atoms with Crippen LogP contribution in [0.4, 0.5) is 0 Å². The van der Waals surface area contributed by atoms with Gasteiger partial charge in [-0.3, -0.25) is 14.4 Å². The first-order valence-electron chi connectivity index (χ1n) is 10.4. The van der Waals surface area contributed by atoms with Crippen LogP contribution in [0.2, 0.25) is 0 Å². The van der Waals surface area contributed by atoms with E-state index in [9.17, 15) is 14.4 Å². The van der Waals surface area contributed by atoms with Gasteiger partial charge in [0.05, 0.1) is 13.0 Å². The fourth-order valence-electron chi connectivity index (χ4n) is 5.23. The van der Waals surface area contributed by atoms with Gasteiger partial charge >= 0.3 is 0 Å². The van der Waals surface area contributed by atoms with E-state index in [1.165, 1.54) is 0 Å². The molecule has 0 saturated carbocycles. The third-order valence-electron chi connectivity index (χ3n) is 6.53. The van der Waals surface area contributed by atoms with Crippen molar-refractivity contribution < 1.29 is 19.1 Å². The first-order valence-corrected chi connectivity index (χ1v) is 11.4. The lowest BCUT2D eigenvalue weighted by Gasteiger charge is -2.55. The van der Waals surface area contributed by atoms with Gasteiger partial charge in [0.25, 0.3) is 0 Å². The molecule has 3 amide bonds. The number of amides is 3. The number of thiophene rings is 1. The van der Waals surface area contributed by atoms with Crippen LogP contribution in [0, 0.1) is 11.8 Å². The Labute approximate surface area is 175 Å². The molecule has 7 nitrogen and oxygen atoms in total. The Morgan fingerprint density at radius 3 is 2.90 bits per heavy atom. The van der Waals surface area contributed by atoms with Crippen LogP contribution in [0.1, 0.15) is 37.7 Å². The van der Waals surface area contributed by atoms with Gasteiger partial charge in [0.2, 0.25) is 17.7 Å². The second-order valence-electron chi connectivity index (χ2n) is 8.35. The molecule has 0 aliphatic carbocycles. The van der Waals surface area contributed by atoms with Gasteiger partial charge in [-0.1, -0.05) is 0 Å². The molecule has 29 heavy (non-hydrogen) atoms. The Balaban J connectivity index is 1.53. The molecular formula is C21H29N3O4S. The predicted octanol–water partition coefficient (Wildman–Crippen LogP) is 1.63. The Kier molecular flexibility index (Phi) is 6.20. The Hall–Kier alpha value is -1.93. The summed E-state index contributed by atoms with van der Waals surface area (Å²) in [5, 5.41) is 7.04. The van der Waals surface area contributed by atoms with Crippen LogP contribution in [0.3, 0.4) is 0 Å². The summed E-state index contributed by atoms with van der Waals surface area (Å²) in [5.41, 5.74) is 1.07. The molecule has 1 aromatic heterocycles. The number of nitrogens with zero attached hydrogens (tertiary/aromatic N) is 2. The molecular weight excluding hydrogens is 390 g/mol. The maximum absolute atomic E-state index is 13.2. The Morgan fingerprint density at radius 2 is 2.14 bits per heavy atom. The quantitative estimate of drug-likeness (QED) is 0.760. The average molecular weight is 420 g/mol. The van der Waals surface area contributed by atoms with Crippen molar-refractivity contribution in [3.63, 3.8) is 0 Å². The monoisotopic (exact) mass is 419 g/mol. The molecule has 4 rings (SSSR count). The number of hydrogen-bond donors (Lipinski definition) is 1. The van der Waals surface area contributed by atoms with Gasteiger partial charge in [-0.05, 0) is 47.6 Å². The summed E-state index contributed by atoms with van der Waals surface area (Å²) in [4.78, 5) is 42.4. The zero-order valence-electron chi connectivity index (χ0n) is 16.8. The number of piperidine rings is 3. The van der Waals surface area contributed by atoms with E-state index in [-0.39, 0.29) is 35.6 Å². The van der Waals surface area contributed by atoms with Gasteiger partial charge < -0.3 is 19.9 Å². The van der Waals surface area contributed by atoms with Crippen LogP contribution >= 0.6 is 11.3 Å². The van der Waals surface area contributed by atoms with Gasteiger partial charge in [0.1, 0.15) is 6.04 Å². The second-order valence-corrected chi connectivity index (χ2v) is 9.13. The molecule has 4 heterocycles. The SMILES string of the molecule is COCCC(=O)N1C[C@H]2C[C@@H](C1)[C@H](C(=O)NCc1ccsc1)N1C(=O)CCC[C@@H]21. The number of nitrogens with one attached hydrogen (secondary N) is 1. The van der Waals surface area contributed by atoms with Gasteiger partial charge in [-0.2, -0.15) is 11.3 Å². The minimum absolute atomic E-state index is 0.0129. The van der Waals surface area contributed by atoms with Gasteiger partial charge in [-0.15, -0.1) is 0 Å². The molecule has 0 radical (unpaired) electrons. The van der Waals surface area contributed by atoms with Crippen molar-refractivity contribution in [3.05, 3.63) is 22.4 Å². The summed E-state index contributed by atoms with van der Waals surface area (Å²) in [6.07, 6.45) is 3.55. The first-order chi connectivity index (χ1) is 14.1. The van der Waals surface area contributed by atoms with Crippen LogP contribution in [0.5, 0.6) is 0 Å². The maximum atomic E-state index is 13.2. The summed E-state index contributed by atoms with van der Waals surface area (Å²) in [7, 11) is 1.59. The summed E-state index contributed by atoms with van der Waals surface area (Å²) < 4.78 is 5.06. The molecule has 8 heteroatoms. The number of likely N-dealkylation sites (tertiary alicyclic amines) is 1. The molecule has 2 bridgehead atoms. The highest BCUT2D eigenvalue weighted by Gasteiger charge is 2.52. The fourth-order valence-corrected chi connectivity index (χ4v) is 5.90. The lowest BCUT2D eigenvalue weighted by molar-refractivity contribution is -0.163. The molecule has 3 aliphatic rings. The third-order valence-corrected chi connectivity index (χ3v) is 7.26. The number of carbonyl (C=O) groups excluding carboxylic acids is 3. The Bertz CT molecular complexity index is 753. The van der Waals surface area contributed by atoms with E-state index < -0.39 is 6.04 Å². The average Bonchev–Trinajstić information content (AvgIpc) is 3.24. The zero-order valence-corrected chi connectivity index (χ0v) is 17.7. The largest absolute Gasteiger partial charge is 0.384 e. The molecule has 3 saturated heterocycles. The molecule has 0 aromatic carbocycles. The smallest absolute Gasteiger partial charge is 0.243 e. The van der Waals surface area contributed by atoms with E-state index in [4.69, 9.17) is 4.74 Å². The number of carbonyl (C=O) groups is 3. The van der Waals surface area contributed by atoms with Crippen LogP contribution < -0.4 is 5.32 Å².